The monoisotopic (exact) mass is 1230 g/mol. The molecule has 0 radical (unpaired) electrons. The molecule has 1 spiro atoms. The van der Waals surface area contributed by atoms with Crippen molar-refractivity contribution in [3.8, 4) is 0 Å². The van der Waals surface area contributed by atoms with Gasteiger partial charge in [0.1, 0.15) is 116 Å². The predicted octanol–water partition coefficient (Wildman–Crippen LogP) is -6.50. The van der Waals surface area contributed by atoms with Crippen LogP contribution in [0.3, 0.4) is 0 Å². The van der Waals surface area contributed by atoms with Crippen molar-refractivity contribution < 1.29 is 144 Å². The molecule has 0 aromatic carbocycles. The van der Waals surface area contributed by atoms with Gasteiger partial charge in [0.05, 0.1) is 64.1 Å². The maximum absolute atomic E-state index is 12.3. The lowest BCUT2D eigenvalue weighted by molar-refractivity contribution is -0.410. The van der Waals surface area contributed by atoms with Crippen LogP contribution < -0.4 is 0 Å². The van der Waals surface area contributed by atoms with Crippen LogP contribution in [-0.2, 0) is 56.8 Å². The highest BCUT2D eigenvalue weighted by Crippen LogP contribution is 2.71. The van der Waals surface area contributed by atoms with Gasteiger partial charge in [0, 0.05) is 18.3 Å². The second-order valence-electron chi connectivity index (χ2n) is 26.9. The summed E-state index contributed by atoms with van der Waals surface area (Å²) in [6.07, 6.45) is -42.5. The maximum Gasteiger partial charge on any atom is 0.187 e. The van der Waals surface area contributed by atoms with Gasteiger partial charge in [-0.15, -0.1) is 0 Å². The van der Waals surface area contributed by atoms with Crippen molar-refractivity contribution in [1.82, 2.24) is 0 Å². The summed E-state index contributed by atoms with van der Waals surface area (Å²) in [5.41, 5.74) is -0.531. The van der Waals surface area contributed by atoms with Gasteiger partial charge >= 0.3 is 0 Å². The molecule has 7 heterocycles. The van der Waals surface area contributed by atoms with Crippen LogP contribution in [0, 0.1) is 52.3 Å². The number of aliphatic hydroxyl groups is 17. The Balaban J connectivity index is 0.797. The topological polar surface area (TPSA) is 455 Å². The molecule has 0 bridgehead atoms. The van der Waals surface area contributed by atoms with Gasteiger partial charge < -0.3 is 144 Å². The van der Waals surface area contributed by atoms with E-state index in [1.54, 1.807) is 0 Å². The lowest BCUT2D eigenvalue weighted by Gasteiger charge is -2.62. The van der Waals surface area contributed by atoms with Gasteiger partial charge in [0.2, 0.25) is 0 Å². The molecule has 490 valence electrons. The molecule has 7 saturated heterocycles. The van der Waals surface area contributed by atoms with E-state index < -0.39 is 205 Å². The highest BCUT2D eigenvalue weighted by molar-refractivity contribution is 5.19. The highest BCUT2D eigenvalue weighted by Gasteiger charge is 2.73. The number of fused-ring (bicyclic) bond motifs is 7. The molecule has 17 N–H and O–H groups in total. The molecule has 4 saturated carbocycles. The average molecular weight is 1230 g/mol. The quantitative estimate of drug-likeness (QED) is 0.0719. The van der Waals surface area contributed by atoms with Gasteiger partial charge in [-0.3, -0.25) is 0 Å². The molecular weight excluding hydrogens is 1140 g/mol. The van der Waals surface area contributed by atoms with Crippen LogP contribution in [0.4, 0.5) is 0 Å². The van der Waals surface area contributed by atoms with E-state index >= 15 is 0 Å². The SMILES string of the molecule is C[C@@H]1CC[C@@]2(OC1)O[C@H]1[C@@H](O)[C@H]3[C@@H]4CC[C@@H]5C[C@@H](O[C@@H]6O[C@H](CO)[C@H](O[C@@H]7O[C@H](CO)[C@@H](O)[C@H](O[C@@H]8OC[C@@H](O)[C@H](O)[C@H]8O)[C@H]7O[C@H]7O[C@H](CO)[C@@H](O)[C@H](O[C@@H]8O[C@H](CO)[C@H](O)[C@H](O)[C@H]8O)[C@H]7O)[C@H](O)[C@H]6O)[C@H](O)C[C@]5(C)[C@H]4CC[C@]3(C)[C@H]1[C@@H]2C. The first-order valence-corrected chi connectivity index (χ1v) is 30.5. The Kier molecular flexibility index (Phi) is 19.5. The van der Waals surface area contributed by atoms with Crippen molar-refractivity contribution in [2.45, 2.75) is 257 Å². The van der Waals surface area contributed by atoms with Gasteiger partial charge in [0.15, 0.2) is 37.2 Å². The van der Waals surface area contributed by atoms with Crippen LogP contribution >= 0.6 is 0 Å². The fraction of sp³-hybridized carbons (Fsp3) is 1.00. The molecular formula is C56H92O29. The van der Waals surface area contributed by atoms with Gasteiger partial charge in [-0.25, -0.2) is 0 Å². The number of ether oxygens (including phenoxy) is 12. The molecule has 7 aliphatic heterocycles. The maximum atomic E-state index is 12.3. The average Bonchev–Trinajstić information content (AvgIpc) is 1.59. The summed E-state index contributed by atoms with van der Waals surface area (Å²) in [6.45, 7) is 5.21. The van der Waals surface area contributed by atoms with Gasteiger partial charge in [0.25, 0.3) is 0 Å². The smallest absolute Gasteiger partial charge is 0.187 e. The van der Waals surface area contributed by atoms with Gasteiger partial charge in [-0.05, 0) is 85.4 Å². The fourth-order valence-corrected chi connectivity index (χ4v) is 17.4. The zero-order valence-electron chi connectivity index (χ0n) is 48.1. The van der Waals surface area contributed by atoms with Crippen molar-refractivity contribution in [1.29, 1.82) is 0 Å². The fourth-order valence-electron chi connectivity index (χ4n) is 17.4. The lowest BCUT2D eigenvalue weighted by atomic mass is 9.44. The van der Waals surface area contributed by atoms with Crippen LogP contribution in [0.2, 0.25) is 0 Å². The molecule has 0 aromatic heterocycles. The molecule has 0 unspecified atom stereocenters. The Bertz CT molecular complexity index is 2220. The molecule has 29 heteroatoms. The summed E-state index contributed by atoms with van der Waals surface area (Å²) < 4.78 is 72.8. The van der Waals surface area contributed by atoms with Crippen LogP contribution in [0.15, 0.2) is 0 Å². The third-order valence-electron chi connectivity index (χ3n) is 22.2. The molecule has 38 atom stereocenters. The first kappa shape index (κ1) is 65.3. The summed E-state index contributed by atoms with van der Waals surface area (Å²) in [7, 11) is 0. The van der Waals surface area contributed by atoms with Crippen LogP contribution in [0.5, 0.6) is 0 Å². The number of rotatable bonds is 14. The second kappa shape index (κ2) is 25.4. The first-order chi connectivity index (χ1) is 40.3. The molecule has 4 aliphatic carbocycles. The summed E-state index contributed by atoms with van der Waals surface area (Å²) in [5.74, 6) is 0.388. The van der Waals surface area contributed by atoms with Gasteiger partial charge in [-0.1, -0.05) is 27.7 Å². The molecule has 0 aromatic rings. The Morgan fingerprint density at radius 3 is 1.67 bits per heavy atom. The van der Waals surface area contributed by atoms with E-state index in [1.165, 1.54) is 0 Å². The summed E-state index contributed by atoms with van der Waals surface area (Å²) >= 11 is 0. The zero-order valence-corrected chi connectivity index (χ0v) is 48.1. The van der Waals surface area contributed by atoms with Crippen molar-refractivity contribution in [2.24, 2.45) is 52.3 Å². The van der Waals surface area contributed by atoms with E-state index in [2.05, 4.69) is 27.7 Å². The summed E-state index contributed by atoms with van der Waals surface area (Å²) in [5, 5.41) is 188. The zero-order chi connectivity index (χ0) is 61.1. The Morgan fingerprint density at radius 2 is 1.01 bits per heavy atom. The molecule has 85 heavy (non-hydrogen) atoms. The molecule has 0 amide bonds. The normalized spacial score (nSPS) is 58.1. The van der Waals surface area contributed by atoms with E-state index in [0.29, 0.717) is 25.4 Å². The Morgan fingerprint density at radius 1 is 0.447 bits per heavy atom. The minimum absolute atomic E-state index is 0.00749. The molecule has 11 fully saturated rings. The van der Waals surface area contributed by atoms with Crippen molar-refractivity contribution in [3.63, 3.8) is 0 Å². The largest absolute Gasteiger partial charge is 0.394 e. The summed E-state index contributed by atoms with van der Waals surface area (Å²) in [4.78, 5) is 0. The Labute approximate surface area is 491 Å². The second-order valence-corrected chi connectivity index (χ2v) is 26.9. The first-order valence-electron chi connectivity index (χ1n) is 30.5. The lowest BCUT2D eigenvalue weighted by Crippen LogP contribution is -2.69. The third kappa shape index (κ3) is 11.3. The van der Waals surface area contributed by atoms with Crippen molar-refractivity contribution >= 4 is 0 Å². The molecule has 11 rings (SSSR count). The van der Waals surface area contributed by atoms with E-state index in [4.69, 9.17) is 56.8 Å². The third-order valence-corrected chi connectivity index (χ3v) is 22.2. The van der Waals surface area contributed by atoms with Crippen LogP contribution in [-0.4, -0.2) is 304 Å². The predicted molar refractivity (Wildman–Crippen MR) is 278 cm³/mol. The van der Waals surface area contributed by atoms with Crippen LogP contribution in [0.25, 0.3) is 0 Å². The van der Waals surface area contributed by atoms with Crippen LogP contribution in [0.1, 0.15) is 79.1 Å². The minimum atomic E-state index is -2.21. The van der Waals surface area contributed by atoms with E-state index in [1.807, 2.05) is 0 Å². The minimum Gasteiger partial charge on any atom is -0.394 e. The van der Waals surface area contributed by atoms with Gasteiger partial charge in [-0.2, -0.15) is 0 Å². The van der Waals surface area contributed by atoms with Crippen molar-refractivity contribution in [3.05, 3.63) is 0 Å². The van der Waals surface area contributed by atoms with E-state index in [0.717, 1.165) is 38.5 Å². The van der Waals surface area contributed by atoms with E-state index in [9.17, 15) is 86.8 Å². The summed E-state index contributed by atoms with van der Waals surface area (Å²) in [6, 6.07) is 0. The number of aliphatic hydroxyl groups excluding tert-OH is 17. The Hall–Kier alpha value is -1.16. The highest BCUT2D eigenvalue weighted by atomic mass is 16.8. The number of hydrogen-bond acceptors (Lipinski definition) is 29. The van der Waals surface area contributed by atoms with E-state index in [-0.39, 0.29) is 52.4 Å². The van der Waals surface area contributed by atoms with Crippen molar-refractivity contribution in [2.75, 3.05) is 39.6 Å². The number of hydrogen-bond donors (Lipinski definition) is 17. The standard InChI is InChI=1S/C56H92O29/c1-19-7-10-56(75-17-19)20(2)31-45(85-56)37(67)32-22-6-5-21-11-26(24(61)12-55(21,4)23(22)8-9-54(31,32)3)76-50-42(72)39(69)44(30(16-60)80-50)81-53-48(47(36(66)29(15-59)79-53)83-49-40(70)33(63)25(62)18-74-49)84-52-43(73)46(35(65)28(14-58)78-52)82-51-41(71)38(68)34(64)27(13-57)77-51/h19-53,57-73H,5-18H2,1-4H3/t19-,20+,21-,22-,23+,24-,25-,26-,27-,28-,29-,30-,31+,32-,33+,34+,35-,36-,37+,38+,39-,40-,41-,42-,43-,44+,45-,46+,47+,48-,49+,50-,51+,52-,53+,54-,55+,56-/m1/s1. The molecule has 11 aliphatic rings. The molecule has 29 nitrogen and oxygen atoms in total.